The van der Waals surface area contributed by atoms with E-state index in [0.29, 0.717) is 29.9 Å². The first-order chi connectivity index (χ1) is 13.6. The molecule has 0 radical (unpaired) electrons. The zero-order chi connectivity index (χ0) is 19.5. The second-order valence-electron chi connectivity index (χ2n) is 7.50. The third-order valence-electron chi connectivity index (χ3n) is 5.23. The van der Waals surface area contributed by atoms with Crippen LogP contribution in [0.2, 0.25) is 0 Å². The van der Waals surface area contributed by atoms with Crippen molar-refractivity contribution in [2.24, 2.45) is 0 Å². The van der Waals surface area contributed by atoms with Crippen LogP contribution in [0.4, 0.5) is 10.1 Å². The van der Waals surface area contributed by atoms with Gasteiger partial charge in [0.2, 0.25) is 11.7 Å². The summed E-state index contributed by atoms with van der Waals surface area (Å²) in [5, 5.41) is 4.13. The van der Waals surface area contributed by atoms with Crippen molar-refractivity contribution in [1.29, 1.82) is 0 Å². The minimum Gasteiger partial charge on any atom is -0.367 e. The topological polar surface area (TPSA) is 45.4 Å². The monoisotopic (exact) mass is 380 g/mol. The zero-order valence-corrected chi connectivity index (χ0v) is 16.3. The second-order valence-corrected chi connectivity index (χ2v) is 7.50. The average Bonchev–Trinajstić information content (AvgIpc) is 3.18. The molecular weight excluding hydrogens is 355 g/mol. The summed E-state index contributed by atoms with van der Waals surface area (Å²) in [5.41, 5.74) is 2.93. The van der Waals surface area contributed by atoms with E-state index in [2.05, 4.69) is 45.9 Å². The minimum absolute atomic E-state index is 0.166. The second kappa shape index (κ2) is 8.10. The Morgan fingerprint density at radius 2 is 1.71 bits per heavy atom. The Morgan fingerprint density at radius 3 is 2.39 bits per heavy atom. The third-order valence-corrected chi connectivity index (χ3v) is 5.23. The Balaban J connectivity index is 1.35. The molecule has 0 N–H and O–H groups in total. The Hall–Kier alpha value is -2.73. The summed E-state index contributed by atoms with van der Waals surface area (Å²) in [6, 6.07) is 15.2. The molecule has 0 aliphatic carbocycles. The van der Waals surface area contributed by atoms with Crippen LogP contribution in [0, 0.1) is 5.82 Å². The normalized spacial score (nSPS) is 15.4. The van der Waals surface area contributed by atoms with E-state index in [1.165, 1.54) is 11.6 Å². The van der Waals surface area contributed by atoms with Crippen LogP contribution in [0.3, 0.4) is 0 Å². The summed E-state index contributed by atoms with van der Waals surface area (Å²) in [6.07, 6.45) is 0. The van der Waals surface area contributed by atoms with Crippen molar-refractivity contribution in [3.63, 3.8) is 0 Å². The molecule has 1 saturated heterocycles. The van der Waals surface area contributed by atoms with Gasteiger partial charge in [-0.3, -0.25) is 4.90 Å². The number of rotatable bonds is 5. The van der Waals surface area contributed by atoms with E-state index in [1.807, 2.05) is 24.3 Å². The largest absolute Gasteiger partial charge is 0.367 e. The van der Waals surface area contributed by atoms with Gasteiger partial charge in [0.05, 0.1) is 12.2 Å². The first-order valence-corrected chi connectivity index (χ1v) is 9.75. The molecule has 3 aromatic rings. The molecule has 28 heavy (non-hydrogen) atoms. The highest BCUT2D eigenvalue weighted by Gasteiger charge is 2.21. The SMILES string of the molecule is CC(C)c1ccc(-c2noc(CN3CCN(c4ccccc4F)CC3)n2)cc1. The number of benzene rings is 2. The molecule has 0 bridgehead atoms. The van der Waals surface area contributed by atoms with Crippen LogP contribution in [0.25, 0.3) is 11.4 Å². The Bertz CT molecular complexity index is 914. The lowest BCUT2D eigenvalue weighted by Gasteiger charge is -2.35. The number of para-hydroxylation sites is 1. The quantitative estimate of drug-likeness (QED) is 0.660. The predicted octanol–water partition coefficient (Wildman–Crippen LogP) is 4.32. The highest BCUT2D eigenvalue weighted by Crippen LogP contribution is 2.22. The van der Waals surface area contributed by atoms with E-state index in [4.69, 9.17) is 4.52 Å². The van der Waals surface area contributed by atoms with E-state index in [-0.39, 0.29) is 5.82 Å². The molecule has 0 atom stereocenters. The molecule has 0 amide bonds. The molecule has 1 aliphatic rings. The van der Waals surface area contributed by atoms with E-state index < -0.39 is 0 Å². The smallest absolute Gasteiger partial charge is 0.241 e. The van der Waals surface area contributed by atoms with Crippen molar-refractivity contribution >= 4 is 5.69 Å². The van der Waals surface area contributed by atoms with Gasteiger partial charge in [0, 0.05) is 31.7 Å². The lowest BCUT2D eigenvalue weighted by molar-refractivity contribution is 0.215. The molecule has 2 aromatic carbocycles. The van der Waals surface area contributed by atoms with Gasteiger partial charge in [-0.2, -0.15) is 4.98 Å². The van der Waals surface area contributed by atoms with Gasteiger partial charge in [0.1, 0.15) is 5.82 Å². The van der Waals surface area contributed by atoms with Crippen molar-refractivity contribution in [2.45, 2.75) is 26.3 Å². The maximum absolute atomic E-state index is 14.0. The van der Waals surface area contributed by atoms with Gasteiger partial charge in [-0.25, -0.2) is 4.39 Å². The van der Waals surface area contributed by atoms with Crippen molar-refractivity contribution in [2.75, 3.05) is 31.1 Å². The average molecular weight is 380 g/mol. The standard InChI is InChI=1S/C22H25FN4O/c1-16(2)17-7-9-18(10-8-17)22-24-21(28-25-22)15-26-11-13-27(14-12-26)20-6-4-3-5-19(20)23/h3-10,16H,11-15H2,1-2H3. The van der Waals surface area contributed by atoms with Gasteiger partial charge < -0.3 is 9.42 Å². The molecule has 6 heteroatoms. The fourth-order valence-electron chi connectivity index (χ4n) is 3.50. The highest BCUT2D eigenvalue weighted by atomic mass is 19.1. The molecule has 0 unspecified atom stereocenters. The molecule has 0 spiro atoms. The van der Waals surface area contributed by atoms with Gasteiger partial charge in [-0.15, -0.1) is 0 Å². The number of nitrogens with zero attached hydrogens (tertiary/aromatic N) is 4. The molecule has 1 aromatic heterocycles. The van der Waals surface area contributed by atoms with Gasteiger partial charge in [0.15, 0.2) is 0 Å². The van der Waals surface area contributed by atoms with E-state index >= 15 is 0 Å². The molecule has 2 heterocycles. The first kappa shape index (κ1) is 18.6. The molecule has 4 rings (SSSR count). The lowest BCUT2D eigenvalue weighted by Crippen LogP contribution is -2.46. The number of halogens is 1. The van der Waals surface area contributed by atoms with Gasteiger partial charge in [-0.05, 0) is 23.6 Å². The maximum Gasteiger partial charge on any atom is 0.241 e. The van der Waals surface area contributed by atoms with Gasteiger partial charge in [-0.1, -0.05) is 55.4 Å². The Labute approximate surface area is 164 Å². The summed E-state index contributed by atoms with van der Waals surface area (Å²) >= 11 is 0. The van der Waals surface area contributed by atoms with Crippen molar-refractivity contribution in [3.8, 4) is 11.4 Å². The predicted molar refractivity (Wildman–Crippen MR) is 108 cm³/mol. The van der Waals surface area contributed by atoms with Crippen LogP contribution in [0.15, 0.2) is 53.1 Å². The first-order valence-electron chi connectivity index (χ1n) is 9.75. The fourth-order valence-corrected chi connectivity index (χ4v) is 3.50. The molecular formula is C22H25FN4O. The maximum atomic E-state index is 14.0. The third kappa shape index (κ3) is 4.07. The van der Waals surface area contributed by atoms with Crippen LogP contribution in [0.1, 0.15) is 31.2 Å². The number of anilines is 1. The van der Waals surface area contributed by atoms with Crippen LogP contribution in [0.5, 0.6) is 0 Å². The molecule has 1 fully saturated rings. The minimum atomic E-state index is -0.166. The Morgan fingerprint density at radius 1 is 1.00 bits per heavy atom. The fraction of sp³-hybridized carbons (Fsp3) is 0.364. The Kier molecular flexibility index (Phi) is 5.39. The summed E-state index contributed by atoms with van der Waals surface area (Å²) in [5.74, 6) is 1.57. The summed E-state index contributed by atoms with van der Waals surface area (Å²) in [4.78, 5) is 8.89. The zero-order valence-electron chi connectivity index (χ0n) is 16.3. The van der Waals surface area contributed by atoms with Gasteiger partial charge in [0.25, 0.3) is 0 Å². The van der Waals surface area contributed by atoms with Crippen LogP contribution < -0.4 is 4.90 Å². The summed E-state index contributed by atoms with van der Waals surface area (Å²) in [7, 11) is 0. The molecule has 0 saturated carbocycles. The van der Waals surface area contributed by atoms with Crippen LogP contribution in [-0.2, 0) is 6.54 Å². The van der Waals surface area contributed by atoms with Crippen molar-refractivity contribution in [3.05, 3.63) is 65.8 Å². The van der Waals surface area contributed by atoms with Crippen LogP contribution in [-0.4, -0.2) is 41.2 Å². The van der Waals surface area contributed by atoms with Crippen molar-refractivity contribution < 1.29 is 8.91 Å². The van der Waals surface area contributed by atoms with E-state index in [0.717, 1.165) is 31.7 Å². The van der Waals surface area contributed by atoms with Gasteiger partial charge >= 0.3 is 0 Å². The number of hydrogen-bond donors (Lipinski definition) is 0. The van der Waals surface area contributed by atoms with Crippen LogP contribution >= 0.6 is 0 Å². The lowest BCUT2D eigenvalue weighted by atomic mass is 10.0. The van der Waals surface area contributed by atoms with Crippen molar-refractivity contribution in [1.82, 2.24) is 15.0 Å². The summed E-state index contributed by atoms with van der Waals surface area (Å²) in [6.45, 7) is 8.17. The number of aromatic nitrogens is 2. The molecule has 5 nitrogen and oxygen atoms in total. The number of piperazine rings is 1. The molecule has 1 aliphatic heterocycles. The summed E-state index contributed by atoms with van der Waals surface area (Å²) < 4.78 is 19.4. The van der Waals surface area contributed by atoms with E-state index in [9.17, 15) is 4.39 Å². The number of hydrogen-bond acceptors (Lipinski definition) is 5. The van der Waals surface area contributed by atoms with E-state index in [1.54, 1.807) is 6.07 Å². The molecule has 146 valence electrons. The highest BCUT2D eigenvalue weighted by molar-refractivity contribution is 5.54.